The van der Waals surface area contributed by atoms with Gasteiger partial charge in [-0.05, 0) is 13.0 Å². The molecular weight excluding hydrogens is 332 g/mol. The van der Waals surface area contributed by atoms with Crippen molar-refractivity contribution in [1.82, 2.24) is 24.5 Å². The lowest BCUT2D eigenvalue weighted by Crippen LogP contribution is -2.20. The van der Waals surface area contributed by atoms with Gasteiger partial charge in [0, 0.05) is 29.9 Å². The fourth-order valence-electron chi connectivity index (χ4n) is 2.07. The first-order valence-corrected chi connectivity index (χ1v) is 7.98. The van der Waals surface area contributed by atoms with E-state index in [9.17, 15) is 9.59 Å². The normalized spacial score (nSPS) is 10.7. The Morgan fingerprint density at radius 1 is 1.38 bits per heavy atom. The van der Waals surface area contributed by atoms with Crippen LogP contribution in [0.15, 0.2) is 30.0 Å². The first-order valence-electron chi connectivity index (χ1n) is 7.10. The Hall–Kier alpha value is -3.01. The molecule has 0 aliphatic heterocycles. The van der Waals surface area contributed by atoms with Gasteiger partial charge in [0.25, 0.3) is 5.91 Å². The number of anilines is 1. The van der Waals surface area contributed by atoms with Crippen LogP contribution in [0.5, 0.6) is 0 Å². The average Bonchev–Trinajstić information content (AvgIpc) is 3.25. The molecule has 9 nitrogen and oxygen atoms in total. The molecule has 124 valence electrons. The maximum absolute atomic E-state index is 12.3. The molecule has 0 atom stereocenters. The number of aromatic nitrogens is 5. The fourth-order valence-corrected chi connectivity index (χ4v) is 2.79. The molecule has 0 fully saturated rings. The number of rotatable bonds is 6. The molecule has 0 bridgehead atoms. The minimum Gasteiger partial charge on any atom is -0.480 e. The SMILES string of the molecule is CCn1cc(-c2csc(NC(=O)c3ccnn3CC(=O)O)n2)cn1. The van der Waals surface area contributed by atoms with Gasteiger partial charge in [-0.2, -0.15) is 10.2 Å². The molecule has 0 spiro atoms. The highest BCUT2D eigenvalue weighted by atomic mass is 32.1. The van der Waals surface area contributed by atoms with Gasteiger partial charge in [0.15, 0.2) is 5.13 Å². The summed E-state index contributed by atoms with van der Waals surface area (Å²) >= 11 is 1.28. The number of nitrogens with one attached hydrogen (secondary N) is 1. The molecule has 0 saturated heterocycles. The van der Waals surface area contributed by atoms with Crippen LogP contribution < -0.4 is 5.32 Å². The van der Waals surface area contributed by atoms with Gasteiger partial charge in [0.05, 0.1) is 11.9 Å². The molecular formula is C14H14N6O3S. The molecule has 3 rings (SSSR count). The molecule has 0 aliphatic carbocycles. The highest BCUT2D eigenvalue weighted by molar-refractivity contribution is 7.14. The van der Waals surface area contributed by atoms with Gasteiger partial charge in [-0.1, -0.05) is 0 Å². The van der Waals surface area contributed by atoms with E-state index in [4.69, 9.17) is 5.11 Å². The van der Waals surface area contributed by atoms with Crippen LogP contribution in [0.4, 0.5) is 5.13 Å². The first kappa shape index (κ1) is 15.9. The third-order valence-corrected chi connectivity index (χ3v) is 3.97. The summed E-state index contributed by atoms with van der Waals surface area (Å²) in [7, 11) is 0. The Bertz CT molecular complexity index is 881. The number of carboxylic acids is 1. The highest BCUT2D eigenvalue weighted by Crippen LogP contribution is 2.24. The monoisotopic (exact) mass is 346 g/mol. The van der Waals surface area contributed by atoms with E-state index in [-0.39, 0.29) is 12.2 Å². The van der Waals surface area contributed by atoms with Crippen LogP contribution in [0.1, 0.15) is 17.4 Å². The van der Waals surface area contributed by atoms with E-state index in [1.807, 2.05) is 18.5 Å². The summed E-state index contributed by atoms with van der Waals surface area (Å²) in [4.78, 5) is 27.4. The van der Waals surface area contributed by atoms with Gasteiger partial charge in [0.1, 0.15) is 12.2 Å². The van der Waals surface area contributed by atoms with E-state index < -0.39 is 11.9 Å². The zero-order valence-electron chi connectivity index (χ0n) is 12.7. The first-order chi connectivity index (χ1) is 11.6. The molecule has 1 amide bonds. The van der Waals surface area contributed by atoms with Crippen LogP contribution in [0.2, 0.25) is 0 Å². The summed E-state index contributed by atoms with van der Waals surface area (Å²) in [5, 5.41) is 21.7. The van der Waals surface area contributed by atoms with Crippen molar-refractivity contribution in [2.75, 3.05) is 5.32 Å². The molecule has 0 radical (unpaired) electrons. The predicted molar refractivity (Wildman–Crippen MR) is 86.8 cm³/mol. The van der Waals surface area contributed by atoms with Crippen LogP contribution in [-0.4, -0.2) is 41.5 Å². The number of carbonyl (C=O) groups is 2. The minimum atomic E-state index is -1.07. The largest absolute Gasteiger partial charge is 0.480 e. The van der Waals surface area contributed by atoms with E-state index in [1.54, 1.807) is 10.9 Å². The molecule has 10 heteroatoms. The van der Waals surface area contributed by atoms with Gasteiger partial charge in [-0.15, -0.1) is 11.3 Å². The quantitative estimate of drug-likeness (QED) is 0.700. The lowest BCUT2D eigenvalue weighted by Gasteiger charge is -2.04. The number of hydrogen-bond donors (Lipinski definition) is 2. The van der Waals surface area contributed by atoms with Gasteiger partial charge in [-0.25, -0.2) is 9.67 Å². The lowest BCUT2D eigenvalue weighted by molar-refractivity contribution is -0.137. The Balaban J connectivity index is 1.74. The smallest absolute Gasteiger partial charge is 0.325 e. The topological polar surface area (TPSA) is 115 Å². The maximum atomic E-state index is 12.3. The molecule has 2 N–H and O–H groups in total. The van der Waals surface area contributed by atoms with E-state index in [2.05, 4.69) is 20.5 Å². The summed E-state index contributed by atoms with van der Waals surface area (Å²) in [6, 6.07) is 1.46. The number of hydrogen-bond acceptors (Lipinski definition) is 6. The van der Waals surface area contributed by atoms with Crippen LogP contribution in [0, 0.1) is 0 Å². The van der Waals surface area contributed by atoms with Crippen molar-refractivity contribution in [2.45, 2.75) is 20.0 Å². The fraction of sp³-hybridized carbons (Fsp3) is 0.214. The second-order valence-electron chi connectivity index (χ2n) is 4.84. The number of aliphatic carboxylic acids is 1. The summed E-state index contributed by atoms with van der Waals surface area (Å²) in [5.74, 6) is -1.53. The van der Waals surface area contributed by atoms with E-state index in [0.29, 0.717) is 10.8 Å². The van der Waals surface area contributed by atoms with Gasteiger partial charge in [0.2, 0.25) is 0 Å². The van der Waals surface area contributed by atoms with Crippen LogP contribution >= 0.6 is 11.3 Å². The molecule has 3 aromatic heterocycles. The molecule has 3 aromatic rings. The maximum Gasteiger partial charge on any atom is 0.325 e. The zero-order chi connectivity index (χ0) is 17.1. The molecule has 3 heterocycles. The second-order valence-corrected chi connectivity index (χ2v) is 5.70. The van der Waals surface area contributed by atoms with Crippen molar-refractivity contribution >= 4 is 28.3 Å². The number of nitrogens with zero attached hydrogens (tertiary/aromatic N) is 5. The Morgan fingerprint density at radius 3 is 2.92 bits per heavy atom. The highest BCUT2D eigenvalue weighted by Gasteiger charge is 2.16. The van der Waals surface area contributed by atoms with Crippen LogP contribution in [0.25, 0.3) is 11.3 Å². The van der Waals surface area contributed by atoms with Crippen molar-refractivity contribution in [2.24, 2.45) is 0 Å². The zero-order valence-corrected chi connectivity index (χ0v) is 13.5. The third kappa shape index (κ3) is 3.33. The van der Waals surface area contributed by atoms with Gasteiger partial charge >= 0.3 is 5.97 Å². The predicted octanol–water partition coefficient (Wildman–Crippen LogP) is 1.56. The Labute approximate surface area is 140 Å². The standard InChI is InChI=1S/C14H14N6O3S/c1-2-19-6-9(5-16-19)10-8-24-14(17-10)18-13(23)11-3-4-15-20(11)7-12(21)22/h3-6,8H,2,7H2,1H3,(H,21,22)(H,17,18,23). The van der Waals surface area contributed by atoms with E-state index in [1.165, 1.54) is 23.6 Å². The third-order valence-electron chi connectivity index (χ3n) is 3.21. The second kappa shape index (κ2) is 6.62. The average molecular weight is 346 g/mol. The summed E-state index contributed by atoms with van der Waals surface area (Å²) in [6.07, 6.45) is 4.97. The number of aryl methyl sites for hydroxylation is 1. The number of carboxylic acid groups (broad SMARTS) is 1. The molecule has 0 saturated carbocycles. The summed E-state index contributed by atoms with van der Waals surface area (Å²) in [6.45, 7) is 2.38. The van der Waals surface area contributed by atoms with Crippen LogP contribution in [-0.2, 0) is 17.9 Å². The van der Waals surface area contributed by atoms with Gasteiger partial charge < -0.3 is 5.11 Å². The number of amides is 1. The summed E-state index contributed by atoms with van der Waals surface area (Å²) < 4.78 is 2.91. The van der Waals surface area contributed by atoms with E-state index >= 15 is 0 Å². The Kier molecular flexibility index (Phi) is 4.38. The van der Waals surface area contributed by atoms with Crippen LogP contribution in [0.3, 0.4) is 0 Å². The number of carbonyl (C=O) groups excluding carboxylic acids is 1. The minimum absolute atomic E-state index is 0.160. The van der Waals surface area contributed by atoms with E-state index in [0.717, 1.165) is 16.8 Å². The number of thiazole rings is 1. The van der Waals surface area contributed by atoms with Crippen molar-refractivity contribution < 1.29 is 14.7 Å². The van der Waals surface area contributed by atoms with Crippen molar-refractivity contribution in [3.05, 3.63) is 35.7 Å². The molecule has 24 heavy (non-hydrogen) atoms. The Morgan fingerprint density at radius 2 is 2.21 bits per heavy atom. The van der Waals surface area contributed by atoms with Crippen molar-refractivity contribution in [3.63, 3.8) is 0 Å². The molecule has 0 aromatic carbocycles. The van der Waals surface area contributed by atoms with Crippen molar-refractivity contribution in [3.8, 4) is 11.3 Å². The summed E-state index contributed by atoms with van der Waals surface area (Å²) in [5.41, 5.74) is 1.74. The lowest BCUT2D eigenvalue weighted by atomic mass is 10.3. The van der Waals surface area contributed by atoms with Crippen molar-refractivity contribution in [1.29, 1.82) is 0 Å². The molecule has 0 aliphatic rings. The molecule has 0 unspecified atom stereocenters. The van der Waals surface area contributed by atoms with Gasteiger partial charge in [-0.3, -0.25) is 19.6 Å².